The fourth-order valence-corrected chi connectivity index (χ4v) is 2.08. The molecule has 2 unspecified atom stereocenters. The molecular weight excluding hydrogens is 236 g/mol. The summed E-state index contributed by atoms with van der Waals surface area (Å²) in [5, 5.41) is 14.8. The van der Waals surface area contributed by atoms with E-state index in [0.29, 0.717) is 13.2 Å². The van der Waals surface area contributed by atoms with E-state index in [4.69, 9.17) is 9.84 Å². The molecule has 18 heavy (non-hydrogen) atoms. The lowest BCUT2D eigenvalue weighted by Crippen LogP contribution is -2.53. The Labute approximate surface area is 107 Å². The van der Waals surface area contributed by atoms with Crippen molar-refractivity contribution in [3.05, 3.63) is 0 Å². The molecule has 0 aliphatic carbocycles. The molecule has 0 spiro atoms. The number of nitrogens with one attached hydrogen (secondary N) is 2. The van der Waals surface area contributed by atoms with Crippen molar-refractivity contribution in [3.63, 3.8) is 0 Å². The highest BCUT2D eigenvalue weighted by Crippen LogP contribution is 2.25. The number of hydrogen-bond donors (Lipinski definition) is 3. The standard InChI is InChI=1S/C12H22N2O4/c1-12(5-3-6-13-8-12)11(17)14-9(10(15)16)4-7-18-2/h9,13H,3-8H2,1-2H3,(H,14,17)(H,15,16). The van der Waals surface area contributed by atoms with Gasteiger partial charge >= 0.3 is 5.97 Å². The number of hydrogen-bond acceptors (Lipinski definition) is 4. The van der Waals surface area contributed by atoms with Crippen molar-refractivity contribution in [2.45, 2.75) is 32.2 Å². The average molecular weight is 258 g/mol. The maximum absolute atomic E-state index is 12.1. The molecule has 1 rings (SSSR count). The molecule has 2 atom stereocenters. The van der Waals surface area contributed by atoms with E-state index in [2.05, 4.69) is 10.6 Å². The van der Waals surface area contributed by atoms with Crippen LogP contribution in [0.25, 0.3) is 0 Å². The topological polar surface area (TPSA) is 87.7 Å². The molecule has 0 radical (unpaired) electrons. The summed E-state index contributed by atoms with van der Waals surface area (Å²) >= 11 is 0. The second-order valence-electron chi connectivity index (χ2n) is 4.99. The molecule has 1 aliphatic heterocycles. The number of carboxylic acids is 1. The summed E-state index contributed by atoms with van der Waals surface area (Å²) in [7, 11) is 1.51. The Morgan fingerprint density at radius 3 is 2.78 bits per heavy atom. The first-order valence-electron chi connectivity index (χ1n) is 6.23. The highest BCUT2D eigenvalue weighted by Gasteiger charge is 2.36. The van der Waals surface area contributed by atoms with Gasteiger partial charge in [-0.1, -0.05) is 0 Å². The number of aliphatic carboxylic acids is 1. The van der Waals surface area contributed by atoms with Crippen LogP contribution in [0.1, 0.15) is 26.2 Å². The Hall–Kier alpha value is -1.14. The molecule has 3 N–H and O–H groups in total. The first-order valence-corrected chi connectivity index (χ1v) is 6.23. The van der Waals surface area contributed by atoms with Gasteiger partial charge in [-0.05, 0) is 26.3 Å². The smallest absolute Gasteiger partial charge is 0.326 e. The number of ether oxygens (including phenoxy) is 1. The van der Waals surface area contributed by atoms with Crippen LogP contribution in [0.5, 0.6) is 0 Å². The SMILES string of the molecule is COCCC(NC(=O)C1(C)CCCNC1)C(=O)O. The zero-order chi connectivity index (χ0) is 13.6. The number of amides is 1. The van der Waals surface area contributed by atoms with Crippen molar-refractivity contribution in [1.29, 1.82) is 0 Å². The van der Waals surface area contributed by atoms with Crippen molar-refractivity contribution in [2.75, 3.05) is 26.8 Å². The van der Waals surface area contributed by atoms with Gasteiger partial charge in [0.25, 0.3) is 0 Å². The molecule has 104 valence electrons. The molecule has 0 aromatic rings. The van der Waals surface area contributed by atoms with Gasteiger partial charge in [-0.3, -0.25) is 4.79 Å². The third-order valence-corrected chi connectivity index (χ3v) is 3.36. The summed E-state index contributed by atoms with van der Waals surface area (Å²) in [4.78, 5) is 23.2. The predicted octanol–water partition coefficient (Wildman–Crippen LogP) is -0.0180. The van der Waals surface area contributed by atoms with Crippen LogP contribution in [0, 0.1) is 5.41 Å². The van der Waals surface area contributed by atoms with Crippen LogP contribution in [0.4, 0.5) is 0 Å². The minimum Gasteiger partial charge on any atom is -0.480 e. The second-order valence-corrected chi connectivity index (χ2v) is 4.99. The van der Waals surface area contributed by atoms with Crippen LogP contribution < -0.4 is 10.6 Å². The third-order valence-electron chi connectivity index (χ3n) is 3.36. The lowest BCUT2D eigenvalue weighted by molar-refractivity contribution is -0.144. The van der Waals surface area contributed by atoms with Gasteiger partial charge in [0.15, 0.2) is 0 Å². The Balaban J connectivity index is 2.56. The third kappa shape index (κ3) is 3.96. The van der Waals surface area contributed by atoms with E-state index in [1.165, 1.54) is 7.11 Å². The lowest BCUT2D eigenvalue weighted by Gasteiger charge is -2.33. The summed E-state index contributed by atoms with van der Waals surface area (Å²) in [6.07, 6.45) is 1.99. The summed E-state index contributed by atoms with van der Waals surface area (Å²) < 4.78 is 4.85. The Morgan fingerprint density at radius 2 is 2.28 bits per heavy atom. The molecule has 0 aromatic carbocycles. The first-order chi connectivity index (χ1) is 8.49. The average Bonchev–Trinajstić information content (AvgIpc) is 2.34. The van der Waals surface area contributed by atoms with Gasteiger partial charge in [-0.15, -0.1) is 0 Å². The molecule has 6 nitrogen and oxygen atoms in total. The zero-order valence-electron chi connectivity index (χ0n) is 11.0. The molecule has 1 amide bonds. The first kappa shape index (κ1) is 14.9. The van der Waals surface area contributed by atoms with E-state index in [-0.39, 0.29) is 12.3 Å². The van der Waals surface area contributed by atoms with Crippen LogP contribution in [-0.4, -0.2) is 49.8 Å². The van der Waals surface area contributed by atoms with Gasteiger partial charge < -0.3 is 20.5 Å². The molecular formula is C12H22N2O4. The minimum absolute atomic E-state index is 0.196. The van der Waals surface area contributed by atoms with E-state index < -0.39 is 17.4 Å². The van der Waals surface area contributed by atoms with E-state index in [9.17, 15) is 9.59 Å². The number of methoxy groups -OCH3 is 1. The number of piperidine rings is 1. The Morgan fingerprint density at radius 1 is 1.56 bits per heavy atom. The quantitative estimate of drug-likeness (QED) is 0.623. The fourth-order valence-electron chi connectivity index (χ4n) is 2.08. The summed E-state index contributed by atoms with van der Waals surface area (Å²) in [6.45, 7) is 3.68. The van der Waals surface area contributed by atoms with Crippen molar-refractivity contribution < 1.29 is 19.4 Å². The van der Waals surface area contributed by atoms with Gasteiger partial charge in [-0.2, -0.15) is 0 Å². The Kier molecular flexibility index (Phi) is 5.55. The Bertz CT molecular complexity index is 300. The van der Waals surface area contributed by atoms with Gasteiger partial charge in [-0.25, -0.2) is 4.79 Å². The van der Waals surface area contributed by atoms with E-state index in [1.54, 1.807) is 0 Å². The van der Waals surface area contributed by atoms with Crippen molar-refractivity contribution in [2.24, 2.45) is 5.41 Å². The second kappa shape index (κ2) is 6.70. The van der Waals surface area contributed by atoms with Gasteiger partial charge in [0.05, 0.1) is 5.41 Å². The van der Waals surface area contributed by atoms with Crippen LogP contribution in [0.2, 0.25) is 0 Å². The number of rotatable bonds is 6. The number of carbonyl (C=O) groups excluding carboxylic acids is 1. The molecule has 1 heterocycles. The van der Waals surface area contributed by atoms with Gasteiger partial charge in [0.1, 0.15) is 6.04 Å². The largest absolute Gasteiger partial charge is 0.480 e. The van der Waals surface area contributed by atoms with Crippen molar-refractivity contribution in [3.8, 4) is 0 Å². The number of carbonyl (C=O) groups is 2. The van der Waals surface area contributed by atoms with E-state index >= 15 is 0 Å². The monoisotopic (exact) mass is 258 g/mol. The summed E-state index contributed by atoms with van der Waals surface area (Å²) in [6, 6.07) is -0.879. The van der Waals surface area contributed by atoms with Gasteiger partial charge in [0, 0.05) is 26.7 Å². The highest BCUT2D eigenvalue weighted by atomic mass is 16.5. The predicted molar refractivity (Wildman–Crippen MR) is 66.3 cm³/mol. The molecule has 1 saturated heterocycles. The highest BCUT2D eigenvalue weighted by molar-refractivity contribution is 5.87. The van der Waals surface area contributed by atoms with Crippen LogP contribution in [-0.2, 0) is 14.3 Å². The molecule has 6 heteroatoms. The maximum atomic E-state index is 12.1. The maximum Gasteiger partial charge on any atom is 0.326 e. The summed E-state index contributed by atoms with van der Waals surface area (Å²) in [5.41, 5.74) is -0.515. The normalized spacial score (nSPS) is 25.4. The molecule has 0 bridgehead atoms. The van der Waals surface area contributed by atoms with Crippen LogP contribution in [0.3, 0.4) is 0 Å². The van der Waals surface area contributed by atoms with Crippen LogP contribution >= 0.6 is 0 Å². The number of carboxylic acid groups (broad SMARTS) is 1. The lowest BCUT2D eigenvalue weighted by atomic mass is 9.81. The van der Waals surface area contributed by atoms with Gasteiger partial charge in [0.2, 0.25) is 5.91 Å². The summed E-state index contributed by atoms with van der Waals surface area (Å²) in [5.74, 6) is -1.22. The minimum atomic E-state index is -1.02. The fraction of sp³-hybridized carbons (Fsp3) is 0.833. The zero-order valence-corrected chi connectivity index (χ0v) is 11.0. The van der Waals surface area contributed by atoms with Crippen molar-refractivity contribution in [1.82, 2.24) is 10.6 Å². The van der Waals surface area contributed by atoms with E-state index in [0.717, 1.165) is 19.4 Å². The molecule has 1 fully saturated rings. The molecule has 0 saturated carbocycles. The van der Waals surface area contributed by atoms with E-state index in [1.807, 2.05) is 6.92 Å². The van der Waals surface area contributed by atoms with Crippen molar-refractivity contribution >= 4 is 11.9 Å². The molecule has 1 aliphatic rings. The van der Waals surface area contributed by atoms with Crippen LogP contribution in [0.15, 0.2) is 0 Å². The molecule has 0 aromatic heterocycles.